The van der Waals surface area contributed by atoms with Crippen LogP contribution in [-0.4, -0.2) is 32.3 Å². The van der Waals surface area contributed by atoms with E-state index in [0.29, 0.717) is 29.1 Å². The summed E-state index contributed by atoms with van der Waals surface area (Å²) in [6, 6.07) is 7.15. The zero-order chi connectivity index (χ0) is 15.9. The molecule has 0 aliphatic heterocycles. The van der Waals surface area contributed by atoms with Gasteiger partial charge in [-0.05, 0) is 31.9 Å². The van der Waals surface area contributed by atoms with Crippen LogP contribution in [0.2, 0.25) is 5.02 Å². The number of carbonyl (C=O) groups excluding carboxylic acids is 1. The molecule has 2 N–H and O–H groups in total. The summed E-state index contributed by atoms with van der Waals surface area (Å²) in [6.45, 7) is 1.75. The van der Waals surface area contributed by atoms with E-state index in [9.17, 15) is 9.59 Å². The first-order valence-electron chi connectivity index (χ1n) is 6.80. The molecule has 1 aromatic carbocycles. The molecule has 1 fully saturated rings. The number of nitrogens with one attached hydrogen (secondary N) is 1. The predicted octanol–water partition coefficient (Wildman–Crippen LogP) is 2.18. The Hall–Kier alpha value is -2.34. The Kier molecular flexibility index (Phi) is 3.41. The monoisotopic (exact) mass is 319 g/mol. The number of nitrogens with zero attached hydrogens (tertiary/aromatic N) is 2. The molecule has 0 atom stereocenters. The number of aliphatic carboxylic acids is 1. The number of benzene rings is 1. The minimum atomic E-state index is -1.13. The summed E-state index contributed by atoms with van der Waals surface area (Å²) in [5.74, 6) is -1.49. The average molecular weight is 320 g/mol. The standard InChI is InChI=1S/C15H14ClN3O3/c1-9-8-19(11-5-3-2-4-10(11)16)18-12(9)13(20)17-15(6-7-15)14(21)22/h2-5,8H,6-7H2,1H3,(H,17,20)(H,21,22). The fourth-order valence-electron chi connectivity index (χ4n) is 2.24. The molecule has 1 aromatic heterocycles. The molecule has 114 valence electrons. The molecule has 0 bridgehead atoms. The number of rotatable bonds is 4. The van der Waals surface area contributed by atoms with Crippen LogP contribution >= 0.6 is 11.6 Å². The largest absolute Gasteiger partial charge is 0.480 e. The molecular formula is C15H14ClN3O3. The van der Waals surface area contributed by atoms with Crippen LogP contribution in [0, 0.1) is 6.92 Å². The molecule has 1 saturated carbocycles. The molecule has 0 unspecified atom stereocenters. The van der Waals surface area contributed by atoms with E-state index >= 15 is 0 Å². The van der Waals surface area contributed by atoms with Gasteiger partial charge < -0.3 is 10.4 Å². The molecule has 22 heavy (non-hydrogen) atoms. The summed E-state index contributed by atoms with van der Waals surface area (Å²) in [5, 5.41) is 16.4. The van der Waals surface area contributed by atoms with E-state index in [4.69, 9.17) is 16.7 Å². The molecule has 1 amide bonds. The van der Waals surface area contributed by atoms with Gasteiger partial charge in [-0.2, -0.15) is 5.10 Å². The highest BCUT2D eigenvalue weighted by Crippen LogP contribution is 2.35. The molecule has 0 radical (unpaired) electrons. The number of carbonyl (C=O) groups is 2. The van der Waals surface area contributed by atoms with E-state index in [1.807, 2.05) is 6.07 Å². The zero-order valence-corrected chi connectivity index (χ0v) is 12.6. The van der Waals surface area contributed by atoms with Crippen molar-refractivity contribution in [1.82, 2.24) is 15.1 Å². The summed E-state index contributed by atoms with van der Waals surface area (Å²) in [6.07, 6.45) is 2.58. The Morgan fingerprint density at radius 2 is 2.05 bits per heavy atom. The third-order valence-electron chi connectivity index (χ3n) is 3.72. The van der Waals surface area contributed by atoms with Gasteiger partial charge in [0.15, 0.2) is 5.69 Å². The number of carboxylic acid groups (broad SMARTS) is 1. The van der Waals surface area contributed by atoms with Crippen molar-refractivity contribution in [3.63, 3.8) is 0 Å². The summed E-state index contributed by atoms with van der Waals surface area (Å²) < 4.78 is 1.52. The summed E-state index contributed by atoms with van der Waals surface area (Å²) in [5.41, 5.74) is 0.384. The van der Waals surface area contributed by atoms with Crippen molar-refractivity contribution < 1.29 is 14.7 Å². The van der Waals surface area contributed by atoms with Gasteiger partial charge in [0, 0.05) is 11.8 Å². The minimum absolute atomic E-state index is 0.201. The highest BCUT2D eigenvalue weighted by Gasteiger charge is 2.52. The molecule has 2 aromatic rings. The van der Waals surface area contributed by atoms with Crippen LogP contribution < -0.4 is 5.32 Å². The lowest BCUT2D eigenvalue weighted by Gasteiger charge is -2.11. The van der Waals surface area contributed by atoms with E-state index in [-0.39, 0.29) is 5.69 Å². The number of hydrogen-bond acceptors (Lipinski definition) is 3. The summed E-state index contributed by atoms with van der Waals surface area (Å²) in [4.78, 5) is 23.4. The van der Waals surface area contributed by atoms with Crippen molar-refractivity contribution in [2.45, 2.75) is 25.3 Å². The van der Waals surface area contributed by atoms with Crippen molar-refractivity contribution >= 4 is 23.5 Å². The summed E-state index contributed by atoms with van der Waals surface area (Å²) in [7, 11) is 0. The van der Waals surface area contributed by atoms with E-state index in [1.165, 1.54) is 4.68 Å². The second kappa shape index (κ2) is 5.14. The Morgan fingerprint density at radius 1 is 1.36 bits per heavy atom. The van der Waals surface area contributed by atoms with Gasteiger partial charge in [-0.3, -0.25) is 4.79 Å². The highest BCUT2D eigenvalue weighted by molar-refractivity contribution is 6.32. The third-order valence-corrected chi connectivity index (χ3v) is 4.04. The van der Waals surface area contributed by atoms with Crippen LogP contribution in [0.15, 0.2) is 30.5 Å². The SMILES string of the molecule is Cc1cn(-c2ccccc2Cl)nc1C(=O)NC1(C(=O)O)CC1. The van der Waals surface area contributed by atoms with Gasteiger partial charge in [0.1, 0.15) is 5.54 Å². The molecule has 0 spiro atoms. The van der Waals surface area contributed by atoms with Gasteiger partial charge >= 0.3 is 5.97 Å². The lowest BCUT2D eigenvalue weighted by Crippen LogP contribution is -2.43. The van der Waals surface area contributed by atoms with Gasteiger partial charge in [-0.1, -0.05) is 23.7 Å². The normalized spacial score (nSPS) is 15.4. The molecule has 6 nitrogen and oxygen atoms in total. The van der Waals surface area contributed by atoms with Crippen molar-refractivity contribution in [3.8, 4) is 5.69 Å². The fourth-order valence-corrected chi connectivity index (χ4v) is 2.46. The number of halogens is 1. The maximum atomic E-state index is 12.3. The number of hydrogen-bond donors (Lipinski definition) is 2. The smallest absolute Gasteiger partial charge is 0.329 e. The van der Waals surface area contributed by atoms with Gasteiger partial charge in [-0.25, -0.2) is 9.48 Å². The van der Waals surface area contributed by atoms with Crippen molar-refractivity contribution in [1.29, 1.82) is 0 Å². The van der Waals surface area contributed by atoms with Gasteiger partial charge in [-0.15, -0.1) is 0 Å². The predicted molar refractivity (Wildman–Crippen MR) is 80.4 cm³/mol. The van der Waals surface area contributed by atoms with E-state index < -0.39 is 17.4 Å². The van der Waals surface area contributed by atoms with E-state index in [0.717, 1.165) is 0 Å². The van der Waals surface area contributed by atoms with Crippen molar-refractivity contribution in [2.75, 3.05) is 0 Å². The highest BCUT2D eigenvalue weighted by atomic mass is 35.5. The second-order valence-electron chi connectivity index (χ2n) is 5.40. The number of amides is 1. The van der Waals surface area contributed by atoms with E-state index in [1.54, 1.807) is 31.3 Å². The van der Waals surface area contributed by atoms with Crippen LogP contribution in [0.1, 0.15) is 28.9 Å². The maximum absolute atomic E-state index is 12.3. The maximum Gasteiger partial charge on any atom is 0.329 e. The quantitative estimate of drug-likeness (QED) is 0.904. The first kappa shape index (κ1) is 14.6. The molecule has 7 heteroatoms. The topological polar surface area (TPSA) is 84.2 Å². The van der Waals surface area contributed by atoms with Crippen LogP contribution in [0.25, 0.3) is 5.69 Å². The lowest BCUT2D eigenvalue weighted by atomic mass is 10.2. The summed E-state index contributed by atoms with van der Waals surface area (Å²) >= 11 is 6.12. The fraction of sp³-hybridized carbons (Fsp3) is 0.267. The van der Waals surface area contributed by atoms with Crippen LogP contribution in [0.5, 0.6) is 0 Å². The number of aryl methyl sites for hydroxylation is 1. The Balaban J connectivity index is 1.88. The van der Waals surface area contributed by atoms with Gasteiger partial charge in [0.05, 0.1) is 10.7 Å². The van der Waals surface area contributed by atoms with Crippen LogP contribution in [0.3, 0.4) is 0 Å². The number of aromatic nitrogens is 2. The molecular weight excluding hydrogens is 306 g/mol. The zero-order valence-electron chi connectivity index (χ0n) is 11.8. The van der Waals surface area contributed by atoms with Crippen LogP contribution in [-0.2, 0) is 4.79 Å². The van der Waals surface area contributed by atoms with Crippen molar-refractivity contribution in [2.24, 2.45) is 0 Å². The minimum Gasteiger partial charge on any atom is -0.480 e. The average Bonchev–Trinajstić information content (AvgIpc) is 3.15. The Morgan fingerprint density at radius 3 is 2.64 bits per heavy atom. The van der Waals surface area contributed by atoms with E-state index in [2.05, 4.69) is 10.4 Å². The molecule has 1 aliphatic carbocycles. The Labute approximate surface area is 131 Å². The Bertz CT molecular complexity index is 765. The number of carboxylic acids is 1. The first-order valence-corrected chi connectivity index (χ1v) is 7.18. The van der Waals surface area contributed by atoms with Crippen LogP contribution in [0.4, 0.5) is 0 Å². The molecule has 3 rings (SSSR count). The second-order valence-corrected chi connectivity index (χ2v) is 5.81. The van der Waals surface area contributed by atoms with Gasteiger partial charge in [0.2, 0.25) is 0 Å². The lowest BCUT2D eigenvalue weighted by molar-refractivity contribution is -0.140. The molecule has 0 saturated heterocycles. The molecule has 1 heterocycles. The van der Waals surface area contributed by atoms with Crippen molar-refractivity contribution in [3.05, 3.63) is 46.7 Å². The van der Waals surface area contributed by atoms with Gasteiger partial charge in [0.25, 0.3) is 5.91 Å². The first-order chi connectivity index (χ1) is 10.4. The number of para-hydroxylation sites is 1. The third kappa shape index (κ3) is 2.46. The molecule has 1 aliphatic rings.